The van der Waals surface area contributed by atoms with Gasteiger partial charge < -0.3 is 10.0 Å². The van der Waals surface area contributed by atoms with E-state index in [0.717, 1.165) is 5.56 Å². The first-order valence-electron chi connectivity index (χ1n) is 5.69. The van der Waals surface area contributed by atoms with E-state index < -0.39 is 5.97 Å². The molecule has 0 spiro atoms. The first-order valence-corrected chi connectivity index (χ1v) is 6.63. The van der Waals surface area contributed by atoms with Crippen LogP contribution in [0.25, 0.3) is 0 Å². The quantitative estimate of drug-likeness (QED) is 0.933. The van der Waals surface area contributed by atoms with Crippen molar-refractivity contribution < 1.29 is 14.7 Å². The Morgan fingerprint density at radius 3 is 2.42 bits per heavy atom. The van der Waals surface area contributed by atoms with E-state index in [1.165, 1.54) is 17.0 Å². The molecular formula is C14H13NO3S. The Balaban J connectivity index is 2.08. The fourth-order valence-electron chi connectivity index (χ4n) is 1.66. The highest BCUT2D eigenvalue weighted by Gasteiger charge is 2.12. The van der Waals surface area contributed by atoms with Gasteiger partial charge >= 0.3 is 5.97 Å². The zero-order chi connectivity index (χ0) is 13.8. The minimum absolute atomic E-state index is 0.0264. The zero-order valence-electron chi connectivity index (χ0n) is 10.4. The van der Waals surface area contributed by atoms with Gasteiger partial charge in [-0.05, 0) is 46.7 Å². The zero-order valence-corrected chi connectivity index (χ0v) is 11.2. The lowest BCUT2D eigenvalue weighted by Crippen LogP contribution is -2.27. The molecule has 0 saturated heterocycles. The number of carbonyl (C=O) groups excluding carboxylic acids is 1. The molecule has 19 heavy (non-hydrogen) atoms. The SMILES string of the molecule is CN(C(=O)Cc1ccsc1)c1ccc(C(=O)O)cc1. The summed E-state index contributed by atoms with van der Waals surface area (Å²) in [6.45, 7) is 0. The summed E-state index contributed by atoms with van der Waals surface area (Å²) in [7, 11) is 1.68. The van der Waals surface area contributed by atoms with Crippen molar-refractivity contribution in [2.24, 2.45) is 0 Å². The van der Waals surface area contributed by atoms with Crippen LogP contribution in [-0.2, 0) is 11.2 Å². The predicted molar refractivity (Wildman–Crippen MR) is 74.8 cm³/mol. The molecule has 1 aromatic carbocycles. The summed E-state index contributed by atoms with van der Waals surface area (Å²) in [6.07, 6.45) is 0.348. The van der Waals surface area contributed by atoms with Gasteiger partial charge in [0.2, 0.25) is 5.91 Å². The number of rotatable bonds is 4. The van der Waals surface area contributed by atoms with Gasteiger partial charge in [0.05, 0.1) is 12.0 Å². The first kappa shape index (κ1) is 13.3. The first-order chi connectivity index (χ1) is 9.08. The van der Waals surface area contributed by atoms with Crippen LogP contribution < -0.4 is 4.90 Å². The highest BCUT2D eigenvalue weighted by Crippen LogP contribution is 2.16. The van der Waals surface area contributed by atoms with Crippen LogP contribution in [0, 0.1) is 0 Å². The number of carboxylic acid groups (broad SMARTS) is 1. The highest BCUT2D eigenvalue weighted by molar-refractivity contribution is 7.08. The van der Waals surface area contributed by atoms with E-state index in [1.54, 1.807) is 30.5 Å². The molecule has 0 radical (unpaired) electrons. The van der Waals surface area contributed by atoms with Crippen LogP contribution in [0.2, 0.25) is 0 Å². The minimum atomic E-state index is -0.973. The average molecular weight is 275 g/mol. The maximum Gasteiger partial charge on any atom is 0.335 e. The molecule has 4 nitrogen and oxygen atoms in total. The number of likely N-dealkylation sites (N-methyl/N-ethyl adjacent to an activating group) is 1. The number of thiophene rings is 1. The Kier molecular flexibility index (Phi) is 3.97. The molecular weight excluding hydrogens is 262 g/mol. The van der Waals surface area contributed by atoms with E-state index in [2.05, 4.69) is 0 Å². The second kappa shape index (κ2) is 5.67. The van der Waals surface area contributed by atoms with E-state index in [0.29, 0.717) is 12.1 Å². The Morgan fingerprint density at radius 2 is 1.89 bits per heavy atom. The van der Waals surface area contributed by atoms with Crippen molar-refractivity contribution in [3.8, 4) is 0 Å². The third kappa shape index (κ3) is 3.20. The number of amides is 1. The van der Waals surface area contributed by atoms with Crippen LogP contribution in [0.3, 0.4) is 0 Å². The van der Waals surface area contributed by atoms with Crippen LogP contribution in [-0.4, -0.2) is 24.0 Å². The normalized spacial score (nSPS) is 10.2. The summed E-state index contributed by atoms with van der Waals surface area (Å²) in [5.74, 6) is -1.000. The lowest BCUT2D eigenvalue weighted by Gasteiger charge is -2.17. The summed E-state index contributed by atoms with van der Waals surface area (Å²) in [5, 5.41) is 12.7. The van der Waals surface area contributed by atoms with Crippen molar-refractivity contribution in [3.05, 3.63) is 52.2 Å². The van der Waals surface area contributed by atoms with Crippen LogP contribution >= 0.6 is 11.3 Å². The standard InChI is InChI=1S/C14H13NO3S/c1-15(13(16)8-10-6-7-19-9-10)12-4-2-11(3-5-12)14(17)18/h2-7,9H,8H2,1H3,(H,17,18). The monoisotopic (exact) mass is 275 g/mol. The van der Waals surface area contributed by atoms with Gasteiger partial charge in [0.15, 0.2) is 0 Å². The van der Waals surface area contributed by atoms with Gasteiger partial charge in [0.1, 0.15) is 0 Å². The lowest BCUT2D eigenvalue weighted by molar-refractivity contribution is -0.117. The van der Waals surface area contributed by atoms with Crippen LogP contribution in [0.1, 0.15) is 15.9 Å². The number of nitrogens with zero attached hydrogens (tertiary/aromatic N) is 1. The molecule has 2 rings (SSSR count). The van der Waals surface area contributed by atoms with Gasteiger partial charge in [-0.15, -0.1) is 0 Å². The van der Waals surface area contributed by atoms with Gasteiger partial charge in [-0.3, -0.25) is 4.79 Å². The largest absolute Gasteiger partial charge is 0.478 e. The van der Waals surface area contributed by atoms with E-state index in [9.17, 15) is 9.59 Å². The van der Waals surface area contributed by atoms with E-state index in [-0.39, 0.29) is 11.5 Å². The summed E-state index contributed by atoms with van der Waals surface area (Å²) in [4.78, 5) is 24.3. The summed E-state index contributed by atoms with van der Waals surface area (Å²) >= 11 is 1.56. The van der Waals surface area contributed by atoms with Gasteiger partial charge in [0, 0.05) is 12.7 Å². The van der Waals surface area contributed by atoms with Crippen molar-refractivity contribution in [2.45, 2.75) is 6.42 Å². The number of aromatic carboxylic acids is 1. The number of hydrogen-bond acceptors (Lipinski definition) is 3. The number of hydrogen-bond donors (Lipinski definition) is 1. The molecule has 1 aromatic heterocycles. The van der Waals surface area contributed by atoms with Crippen LogP contribution in [0.5, 0.6) is 0 Å². The Hall–Kier alpha value is -2.14. The Bertz CT molecular complexity index is 575. The molecule has 0 bridgehead atoms. The average Bonchev–Trinajstić information content (AvgIpc) is 2.90. The fraction of sp³-hybridized carbons (Fsp3) is 0.143. The van der Waals surface area contributed by atoms with E-state index >= 15 is 0 Å². The van der Waals surface area contributed by atoms with Crippen molar-refractivity contribution in [1.82, 2.24) is 0 Å². The second-order valence-electron chi connectivity index (χ2n) is 4.11. The molecule has 0 saturated carbocycles. The Morgan fingerprint density at radius 1 is 1.21 bits per heavy atom. The topological polar surface area (TPSA) is 57.6 Å². The molecule has 2 aromatic rings. The van der Waals surface area contributed by atoms with Crippen molar-refractivity contribution >= 4 is 28.9 Å². The third-order valence-electron chi connectivity index (χ3n) is 2.81. The van der Waals surface area contributed by atoms with Crippen molar-refractivity contribution in [1.29, 1.82) is 0 Å². The molecule has 0 fully saturated rings. The lowest BCUT2D eigenvalue weighted by atomic mass is 10.2. The molecule has 0 aliphatic carbocycles. The van der Waals surface area contributed by atoms with E-state index in [1.807, 2.05) is 16.8 Å². The van der Waals surface area contributed by atoms with Crippen LogP contribution in [0.4, 0.5) is 5.69 Å². The molecule has 0 atom stereocenters. The second-order valence-corrected chi connectivity index (χ2v) is 4.89. The number of anilines is 1. The maximum absolute atomic E-state index is 12.0. The van der Waals surface area contributed by atoms with Gasteiger partial charge in [-0.1, -0.05) is 0 Å². The molecule has 1 N–H and O–H groups in total. The van der Waals surface area contributed by atoms with Gasteiger partial charge in [-0.25, -0.2) is 4.79 Å². The number of carbonyl (C=O) groups is 2. The number of carboxylic acids is 1. The van der Waals surface area contributed by atoms with Crippen molar-refractivity contribution in [3.63, 3.8) is 0 Å². The summed E-state index contributed by atoms with van der Waals surface area (Å²) < 4.78 is 0. The molecule has 98 valence electrons. The maximum atomic E-state index is 12.0. The van der Waals surface area contributed by atoms with Crippen LogP contribution in [0.15, 0.2) is 41.1 Å². The highest BCUT2D eigenvalue weighted by atomic mass is 32.1. The summed E-state index contributed by atoms with van der Waals surface area (Å²) in [6, 6.07) is 8.17. The van der Waals surface area contributed by atoms with E-state index in [4.69, 9.17) is 5.11 Å². The Labute approximate surface area is 114 Å². The molecule has 1 heterocycles. The third-order valence-corrected chi connectivity index (χ3v) is 3.54. The molecule has 5 heteroatoms. The smallest absolute Gasteiger partial charge is 0.335 e. The molecule has 0 aliphatic heterocycles. The molecule has 0 aliphatic rings. The fourth-order valence-corrected chi connectivity index (χ4v) is 2.33. The molecule has 1 amide bonds. The van der Waals surface area contributed by atoms with Crippen molar-refractivity contribution in [2.75, 3.05) is 11.9 Å². The van der Waals surface area contributed by atoms with Gasteiger partial charge in [-0.2, -0.15) is 11.3 Å². The predicted octanol–water partition coefficient (Wildman–Crippen LogP) is 2.65. The number of benzene rings is 1. The van der Waals surface area contributed by atoms with Gasteiger partial charge in [0.25, 0.3) is 0 Å². The minimum Gasteiger partial charge on any atom is -0.478 e. The molecule has 0 unspecified atom stereocenters. The summed E-state index contributed by atoms with van der Waals surface area (Å²) in [5.41, 5.74) is 1.89.